The van der Waals surface area contributed by atoms with Gasteiger partial charge in [0.05, 0.1) is 30.9 Å². The summed E-state index contributed by atoms with van der Waals surface area (Å²) < 4.78 is 29.0. The molecule has 0 radical (unpaired) electrons. The Kier molecular flexibility index (Phi) is 40.6. The second-order valence-electron chi connectivity index (χ2n) is 28.6. The Morgan fingerprint density at radius 2 is 0.449 bits per heavy atom. The predicted molar refractivity (Wildman–Crippen MR) is 442 cm³/mol. The van der Waals surface area contributed by atoms with Crippen LogP contribution in [0.1, 0.15) is 358 Å². The molecule has 8 heterocycles. The Morgan fingerprint density at radius 3 is 0.714 bits per heavy atom. The maximum atomic E-state index is 14.9. The minimum absolute atomic E-state index is 0.114. The summed E-state index contributed by atoms with van der Waals surface area (Å²) in [5.41, 5.74) is 5.41. The van der Waals surface area contributed by atoms with E-state index in [1.807, 2.05) is 68.8 Å². The first-order valence-corrected chi connectivity index (χ1v) is 46.9. The van der Waals surface area contributed by atoms with E-state index in [4.69, 9.17) is 9.97 Å². The van der Waals surface area contributed by atoms with Crippen molar-refractivity contribution in [2.24, 2.45) is 0 Å². The molecule has 0 aliphatic rings. The van der Waals surface area contributed by atoms with Crippen molar-refractivity contribution in [1.82, 2.24) is 9.97 Å². The van der Waals surface area contributed by atoms with Crippen molar-refractivity contribution in [3.8, 4) is 68.5 Å². The van der Waals surface area contributed by atoms with Crippen LogP contribution in [-0.4, -0.2) is 9.97 Å². The number of thiazole rings is 2. The van der Waals surface area contributed by atoms with Crippen molar-refractivity contribution < 1.29 is 8.78 Å². The number of aryl methyl sites for hydroxylation is 4. The first-order chi connectivity index (χ1) is 48.3. The summed E-state index contributed by atoms with van der Waals surface area (Å²) in [6.45, 7) is 9.25. The fourth-order valence-corrected chi connectivity index (χ4v) is 23.0. The highest BCUT2D eigenvalue weighted by Crippen LogP contribution is 2.51. The summed E-state index contributed by atoms with van der Waals surface area (Å²) in [5, 5.41) is 2.10. The number of halogens is 2. The molecular formula is C86H126F2N2S8. The number of unbranched alkanes of at least 4 members (excludes halogenated alkanes) is 44. The third-order valence-corrected chi connectivity index (χ3v) is 29.8. The normalized spacial score (nSPS) is 11.9. The molecule has 8 rings (SSSR count). The van der Waals surface area contributed by atoms with E-state index >= 15 is 0 Å². The lowest BCUT2D eigenvalue weighted by molar-refractivity contribution is 0.543. The minimum Gasteiger partial charge on any atom is -0.240 e. The minimum atomic E-state index is -0.132. The molecule has 0 unspecified atom stereocenters. The average Bonchev–Trinajstić information content (AvgIpc) is 1.62. The number of rotatable bonds is 59. The zero-order chi connectivity index (χ0) is 68.5. The maximum absolute atomic E-state index is 14.9. The Morgan fingerprint density at radius 1 is 0.224 bits per heavy atom. The van der Waals surface area contributed by atoms with Crippen LogP contribution in [0.2, 0.25) is 0 Å². The van der Waals surface area contributed by atoms with Gasteiger partial charge in [0.25, 0.3) is 0 Å². The maximum Gasteiger partial charge on any atom is 0.177 e. The molecule has 0 saturated carbocycles. The van der Waals surface area contributed by atoms with E-state index in [2.05, 4.69) is 64.1 Å². The van der Waals surface area contributed by atoms with Gasteiger partial charge in [0.2, 0.25) is 0 Å². The second kappa shape index (κ2) is 49.1. The van der Waals surface area contributed by atoms with Gasteiger partial charge in [-0.05, 0) is 123 Å². The largest absolute Gasteiger partial charge is 0.240 e. The summed E-state index contributed by atoms with van der Waals surface area (Å²) in [6, 6.07) is 21.1. The van der Waals surface area contributed by atoms with Gasteiger partial charge in [-0.2, -0.15) is 8.78 Å². The number of hydrogen-bond acceptors (Lipinski definition) is 10. The quantitative estimate of drug-likeness (QED) is 0.0355. The summed E-state index contributed by atoms with van der Waals surface area (Å²) in [4.78, 5) is 26.7. The summed E-state index contributed by atoms with van der Waals surface area (Å²) in [5.74, 6) is 0. The lowest BCUT2D eigenvalue weighted by Crippen LogP contribution is -1.93. The summed E-state index contributed by atoms with van der Waals surface area (Å²) in [7, 11) is 0. The third-order valence-electron chi connectivity index (χ3n) is 20.1. The van der Waals surface area contributed by atoms with Crippen molar-refractivity contribution in [3.63, 3.8) is 0 Å². The SMILES string of the molecule is CCCCCCCCCCCCCCc1cc(-c2ccc(F)s2)sc1-c1nc(CCCCCCCCCCCCCC)c(-c2sc(-c3sc(-c4ccc(-c5ccc(-c6ccc(F)s6)s5)s4)cc3CCCCCCCCCCCCCC)nc2CCCCCCCCCCCCCC)s1. The van der Waals surface area contributed by atoms with Gasteiger partial charge in [0.15, 0.2) is 10.3 Å². The van der Waals surface area contributed by atoms with Crippen LogP contribution in [0.15, 0.2) is 60.7 Å². The Balaban J connectivity index is 1.08. The van der Waals surface area contributed by atoms with Gasteiger partial charge in [-0.3, -0.25) is 0 Å². The lowest BCUT2D eigenvalue weighted by atomic mass is 10.0. The zero-order valence-electron chi connectivity index (χ0n) is 61.5. The molecule has 98 heavy (non-hydrogen) atoms. The predicted octanol–water partition coefficient (Wildman–Crippen LogP) is 33.9. The number of thiophene rings is 6. The standard InChI is InChI=1S/C86H126F2N2S8/c1-5-9-13-17-21-25-29-33-37-41-45-49-53-67-65-77(75-60-59-72(92-75)71-57-58-73(91-71)74-61-63-79(87)93-74)95-81(67)85-89-69(55-51-47-43-39-35-31-27-23-19-15-11-7-3)83(97-85)84-70(56-52-48-44-40-36-32-28-24-20-16-12-8-4)90-86(98-84)82-68(66-78(96-82)76-62-64-80(88)94-76)54-50-46-42-38-34-30-26-22-18-14-10-6-2/h57-66H,5-56H2,1-4H3. The van der Waals surface area contributed by atoms with E-state index in [9.17, 15) is 8.78 Å². The van der Waals surface area contributed by atoms with Gasteiger partial charge in [-0.15, -0.1) is 90.7 Å². The average molecular weight is 1480 g/mol. The van der Waals surface area contributed by atoms with Gasteiger partial charge in [0.1, 0.15) is 10.0 Å². The molecule has 0 aromatic carbocycles. The Labute approximate surface area is 627 Å². The van der Waals surface area contributed by atoms with Crippen LogP contribution in [0.5, 0.6) is 0 Å². The van der Waals surface area contributed by atoms with Crippen LogP contribution >= 0.6 is 90.7 Å². The number of aromatic nitrogens is 2. The van der Waals surface area contributed by atoms with Gasteiger partial charge >= 0.3 is 0 Å². The van der Waals surface area contributed by atoms with Gasteiger partial charge in [-0.25, -0.2) is 9.97 Å². The highest BCUT2D eigenvalue weighted by molar-refractivity contribution is 7.31. The fourth-order valence-electron chi connectivity index (χ4n) is 14.1. The summed E-state index contributed by atoms with van der Waals surface area (Å²) >= 11 is 13.9. The van der Waals surface area contributed by atoms with Crippen molar-refractivity contribution >= 4 is 90.7 Å². The Hall–Kier alpha value is -2.68. The molecule has 542 valence electrons. The first kappa shape index (κ1) is 81.0. The van der Waals surface area contributed by atoms with Crippen LogP contribution in [0.4, 0.5) is 8.78 Å². The third kappa shape index (κ3) is 29.1. The molecule has 0 bridgehead atoms. The molecule has 0 atom stereocenters. The van der Waals surface area contributed by atoms with Crippen LogP contribution in [0.3, 0.4) is 0 Å². The monoisotopic (exact) mass is 1480 g/mol. The van der Waals surface area contributed by atoms with Crippen LogP contribution in [0.25, 0.3) is 68.5 Å². The smallest absolute Gasteiger partial charge is 0.177 e. The summed E-state index contributed by atoms with van der Waals surface area (Å²) in [6.07, 6.45) is 68.5. The number of nitrogens with zero attached hydrogens (tertiary/aromatic N) is 2. The van der Waals surface area contributed by atoms with Crippen molar-refractivity contribution in [1.29, 1.82) is 0 Å². The molecule has 0 aliphatic heterocycles. The first-order valence-electron chi connectivity index (χ1n) is 40.3. The van der Waals surface area contributed by atoms with E-state index in [-0.39, 0.29) is 10.3 Å². The molecule has 0 spiro atoms. The molecule has 0 N–H and O–H groups in total. The van der Waals surface area contributed by atoms with Crippen molar-refractivity contribution in [3.05, 3.63) is 93.4 Å². The van der Waals surface area contributed by atoms with E-state index in [1.54, 1.807) is 23.5 Å². The van der Waals surface area contributed by atoms with Gasteiger partial charge in [-0.1, -0.05) is 310 Å². The van der Waals surface area contributed by atoms with E-state index < -0.39 is 0 Å². The number of hydrogen-bond donors (Lipinski definition) is 0. The molecular weight excluding hydrogens is 1360 g/mol. The molecule has 0 aliphatic carbocycles. The van der Waals surface area contributed by atoms with E-state index in [0.29, 0.717) is 0 Å². The zero-order valence-corrected chi connectivity index (χ0v) is 68.0. The molecule has 0 fully saturated rings. The lowest BCUT2D eigenvalue weighted by Gasteiger charge is -2.05. The van der Waals surface area contributed by atoms with Crippen LogP contribution in [-0.2, 0) is 25.7 Å². The van der Waals surface area contributed by atoms with Crippen LogP contribution in [0, 0.1) is 10.3 Å². The van der Waals surface area contributed by atoms with Crippen LogP contribution < -0.4 is 0 Å². The Bertz CT molecular complexity index is 3320. The topological polar surface area (TPSA) is 25.8 Å². The van der Waals surface area contributed by atoms with Gasteiger partial charge in [0, 0.05) is 39.0 Å². The van der Waals surface area contributed by atoms with E-state index in [1.165, 1.54) is 389 Å². The van der Waals surface area contributed by atoms with Gasteiger partial charge < -0.3 is 0 Å². The highest BCUT2D eigenvalue weighted by Gasteiger charge is 2.27. The second-order valence-corrected chi connectivity index (χ2v) is 36.9. The molecule has 2 nitrogen and oxygen atoms in total. The fraction of sp³-hybridized carbons (Fsp3) is 0.651. The molecule has 8 aromatic rings. The molecule has 0 saturated heterocycles. The van der Waals surface area contributed by atoms with Crippen molar-refractivity contribution in [2.45, 2.75) is 362 Å². The van der Waals surface area contributed by atoms with E-state index in [0.717, 1.165) is 58.2 Å². The van der Waals surface area contributed by atoms with Crippen molar-refractivity contribution in [2.75, 3.05) is 0 Å². The molecule has 8 aromatic heterocycles. The highest BCUT2D eigenvalue weighted by atomic mass is 32.1. The molecule has 0 amide bonds. The molecule has 12 heteroatoms.